The highest BCUT2D eigenvalue weighted by atomic mass is 16.3. The average Bonchev–Trinajstić information content (AvgIpc) is 2.23. The van der Waals surface area contributed by atoms with Crippen molar-refractivity contribution in [1.29, 1.82) is 5.26 Å². The molecule has 1 saturated carbocycles. The maximum Gasteiger partial charge on any atom is 0.0994 e. The summed E-state index contributed by atoms with van der Waals surface area (Å²) in [6, 6.07) is 7.92. The van der Waals surface area contributed by atoms with Crippen LogP contribution in [0.5, 0.6) is 0 Å². The summed E-state index contributed by atoms with van der Waals surface area (Å²) >= 11 is 0. The minimum absolute atomic E-state index is 0.0884. The van der Waals surface area contributed by atoms with Gasteiger partial charge in [-0.2, -0.15) is 5.26 Å². The normalized spacial score (nSPS) is 23.3. The SMILES string of the molecule is Cc1cc(NCC2CC(O)C2)ccc1C#N. The number of aliphatic hydroxyl groups excluding tert-OH is 1. The van der Waals surface area contributed by atoms with Gasteiger partial charge in [0.15, 0.2) is 0 Å². The lowest BCUT2D eigenvalue weighted by molar-refractivity contribution is 0.0487. The Morgan fingerprint density at radius 3 is 2.81 bits per heavy atom. The summed E-state index contributed by atoms with van der Waals surface area (Å²) in [5.41, 5.74) is 2.78. The number of benzene rings is 1. The molecule has 0 atom stereocenters. The van der Waals surface area contributed by atoms with E-state index in [1.807, 2.05) is 25.1 Å². The fourth-order valence-electron chi connectivity index (χ4n) is 2.03. The molecule has 84 valence electrons. The van der Waals surface area contributed by atoms with Crippen LogP contribution in [-0.4, -0.2) is 17.8 Å². The fourth-order valence-corrected chi connectivity index (χ4v) is 2.03. The Bertz CT molecular complexity index is 416. The molecule has 3 heteroatoms. The second-order valence-corrected chi connectivity index (χ2v) is 4.51. The van der Waals surface area contributed by atoms with Gasteiger partial charge in [-0.25, -0.2) is 0 Å². The van der Waals surface area contributed by atoms with Crippen molar-refractivity contribution in [3.8, 4) is 6.07 Å². The number of hydrogen-bond acceptors (Lipinski definition) is 3. The summed E-state index contributed by atoms with van der Waals surface area (Å²) in [4.78, 5) is 0. The number of nitriles is 1. The van der Waals surface area contributed by atoms with Crippen molar-refractivity contribution in [1.82, 2.24) is 0 Å². The van der Waals surface area contributed by atoms with Gasteiger partial charge in [0.2, 0.25) is 0 Å². The van der Waals surface area contributed by atoms with Crippen molar-refractivity contribution in [2.45, 2.75) is 25.9 Å². The topological polar surface area (TPSA) is 56.0 Å². The van der Waals surface area contributed by atoms with E-state index in [4.69, 9.17) is 10.4 Å². The summed E-state index contributed by atoms with van der Waals surface area (Å²) in [5.74, 6) is 0.589. The van der Waals surface area contributed by atoms with Gasteiger partial charge in [0.05, 0.1) is 17.7 Å². The molecule has 1 aromatic rings. The number of nitrogens with zero attached hydrogens (tertiary/aromatic N) is 1. The third kappa shape index (κ3) is 2.34. The van der Waals surface area contributed by atoms with E-state index in [2.05, 4.69) is 11.4 Å². The molecular weight excluding hydrogens is 200 g/mol. The molecule has 2 N–H and O–H groups in total. The molecule has 1 aliphatic carbocycles. The quantitative estimate of drug-likeness (QED) is 0.813. The van der Waals surface area contributed by atoms with Crippen molar-refractivity contribution in [2.24, 2.45) is 5.92 Å². The van der Waals surface area contributed by atoms with E-state index in [9.17, 15) is 0 Å². The van der Waals surface area contributed by atoms with Crippen LogP contribution >= 0.6 is 0 Å². The molecule has 0 unspecified atom stereocenters. The lowest BCUT2D eigenvalue weighted by Crippen LogP contribution is -2.33. The van der Waals surface area contributed by atoms with Crippen LogP contribution in [0.1, 0.15) is 24.0 Å². The highest BCUT2D eigenvalue weighted by Gasteiger charge is 2.26. The zero-order chi connectivity index (χ0) is 11.5. The minimum Gasteiger partial charge on any atom is -0.393 e. The second-order valence-electron chi connectivity index (χ2n) is 4.51. The van der Waals surface area contributed by atoms with E-state index in [0.717, 1.165) is 36.2 Å². The number of aliphatic hydroxyl groups is 1. The average molecular weight is 216 g/mol. The van der Waals surface area contributed by atoms with Crippen LogP contribution < -0.4 is 5.32 Å². The Hall–Kier alpha value is -1.53. The van der Waals surface area contributed by atoms with E-state index in [1.165, 1.54) is 0 Å². The first-order chi connectivity index (χ1) is 7.69. The zero-order valence-corrected chi connectivity index (χ0v) is 9.40. The summed E-state index contributed by atoms with van der Waals surface area (Å²) < 4.78 is 0. The molecule has 0 radical (unpaired) electrons. The van der Waals surface area contributed by atoms with E-state index in [1.54, 1.807) is 0 Å². The molecule has 0 bridgehead atoms. The standard InChI is InChI=1S/C13H16N2O/c1-9-4-12(3-2-11(9)7-14)15-8-10-5-13(16)6-10/h2-4,10,13,15-16H,5-6,8H2,1H3. The summed E-state index contributed by atoms with van der Waals surface area (Å²) in [7, 11) is 0. The number of hydrogen-bond donors (Lipinski definition) is 2. The molecule has 0 amide bonds. The van der Waals surface area contributed by atoms with E-state index in [-0.39, 0.29) is 6.10 Å². The van der Waals surface area contributed by atoms with Crippen molar-refractivity contribution >= 4 is 5.69 Å². The first-order valence-electron chi connectivity index (χ1n) is 5.61. The molecule has 2 rings (SSSR count). The molecule has 1 aromatic carbocycles. The van der Waals surface area contributed by atoms with Crippen LogP contribution in [0.4, 0.5) is 5.69 Å². The minimum atomic E-state index is -0.0884. The predicted octanol–water partition coefficient (Wildman–Crippen LogP) is 2.05. The van der Waals surface area contributed by atoms with Crippen LogP contribution in [0, 0.1) is 24.2 Å². The third-order valence-electron chi connectivity index (χ3n) is 3.15. The Morgan fingerprint density at radius 2 is 2.25 bits per heavy atom. The molecule has 0 saturated heterocycles. The number of rotatable bonds is 3. The fraction of sp³-hybridized carbons (Fsp3) is 0.462. The van der Waals surface area contributed by atoms with Crippen LogP contribution in [0.2, 0.25) is 0 Å². The van der Waals surface area contributed by atoms with Gasteiger partial charge in [-0.05, 0) is 49.4 Å². The lowest BCUT2D eigenvalue weighted by Gasteiger charge is -2.31. The summed E-state index contributed by atoms with van der Waals surface area (Å²) in [6.07, 6.45) is 1.72. The van der Waals surface area contributed by atoms with E-state index < -0.39 is 0 Å². The van der Waals surface area contributed by atoms with Crippen molar-refractivity contribution in [3.63, 3.8) is 0 Å². The van der Waals surface area contributed by atoms with Crippen molar-refractivity contribution < 1.29 is 5.11 Å². The Labute approximate surface area is 95.7 Å². The van der Waals surface area contributed by atoms with Gasteiger partial charge >= 0.3 is 0 Å². The van der Waals surface area contributed by atoms with Gasteiger partial charge < -0.3 is 10.4 Å². The monoisotopic (exact) mass is 216 g/mol. The molecule has 16 heavy (non-hydrogen) atoms. The first kappa shape index (κ1) is 11.0. The van der Waals surface area contributed by atoms with Crippen molar-refractivity contribution in [3.05, 3.63) is 29.3 Å². The lowest BCUT2D eigenvalue weighted by atomic mass is 9.82. The van der Waals surface area contributed by atoms with E-state index >= 15 is 0 Å². The van der Waals surface area contributed by atoms with Gasteiger partial charge in [0.25, 0.3) is 0 Å². The highest BCUT2D eigenvalue weighted by molar-refractivity contribution is 5.51. The molecule has 1 aliphatic rings. The molecule has 0 spiro atoms. The smallest absolute Gasteiger partial charge is 0.0994 e. The summed E-state index contributed by atoms with van der Waals surface area (Å²) in [6.45, 7) is 2.85. The maximum atomic E-state index is 9.16. The van der Waals surface area contributed by atoms with Crippen LogP contribution in [0.3, 0.4) is 0 Å². The number of anilines is 1. The largest absolute Gasteiger partial charge is 0.393 e. The van der Waals surface area contributed by atoms with Gasteiger partial charge in [-0.3, -0.25) is 0 Å². The predicted molar refractivity (Wildman–Crippen MR) is 63.1 cm³/mol. The van der Waals surface area contributed by atoms with Gasteiger partial charge in [0, 0.05) is 12.2 Å². The van der Waals surface area contributed by atoms with E-state index in [0.29, 0.717) is 5.92 Å². The van der Waals surface area contributed by atoms with Crippen LogP contribution in [0.15, 0.2) is 18.2 Å². The van der Waals surface area contributed by atoms with Crippen LogP contribution in [0.25, 0.3) is 0 Å². The number of aryl methyl sites for hydroxylation is 1. The molecule has 0 heterocycles. The molecule has 0 aliphatic heterocycles. The number of nitrogens with one attached hydrogen (secondary N) is 1. The zero-order valence-electron chi connectivity index (χ0n) is 9.40. The molecule has 0 aromatic heterocycles. The molecule has 3 nitrogen and oxygen atoms in total. The Balaban J connectivity index is 1.90. The maximum absolute atomic E-state index is 9.16. The Morgan fingerprint density at radius 1 is 1.50 bits per heavy atom. The van der Waals surface area contributed by atoms with Crippen LogP contribution in [-0.2, 0) is 0 Å². The third-order valence-corrected chi connectivity index (χ3v) is 3.15. The van der Waals surface area contributed by atoms with Gasteiger partial charge in [-0.1, -0.05) is 0 Å². The van der Waals surface area contributed by atoms with Crippen molar-refractivity contribution in [2.75, 3.05) is 11.9 Å². The van der Waals surface area contributed by atoms with Gasteiger partial charge in [-0.15, -0.1) is 0 Å². The second kappa shape index (κ2) is 4.54. The molecular formula is C13H16N2O. The highest BCUT2D eigenvalue weighted by Crippen LogP contribution is 2.27. The summed E-state index contributed by atoms with van der Waals surface area (Å²) in [5, 5.41) is 21.3. The first-order valence-corrected chi connectivity index (χ1v) is 5.61. The Kier molecular flexibility index (Phi) is 3.12. The molecule has 1 fully saturated rings. The van der Waals surface area contributed by atoms with Gasteiger partial charge in [0.1, 0.15) is 0 Å².